The van der Waals surface area contributed by atoms with Crippen molar-refractivity contribution in [2.45, 2.75) is 19.8 Å². The molecule has 1 N–H and O–H groups in total. The van der Waals surface area contributed by atoms with E-state index in [2.05, 4.69) is 5.32 Å². The lowest BCUT2D eigenvalue weighted by Gasteiger charge is -2.20. The number of anilines is 1. The summed E-state index contributed by atoms with van der Waals surface area (Å²) in [4.78, 5) is 25.3. The van der Waals surface area contributed by atoms with Crippen molar-refractivity contribution in [3.63, 3.8) is 0 Å². The van der Waals surface area contributed by atoms with E-state index in [1.807, 2.05) is 30.3 Å². The molecule has 0 saturated heterocycles. The summed E-state index contributed by atoms with van der Waals surface area (Å²) in [6.07, 6.45) is 0.874. The number of benzene rings is 2. The Hall–Kier alpha value is -2.69. The Kier molecular flexibility index (Phi) is 6.49. The molecular weight excluding hydrogens is 307 g/mol. The van der Waals surface area contributed by atoms with Crippen molar-refractivity contribution in [1.29, 1.82) is 0 Å². The van der Waals surface area contributed by atoms with E-state index >= 15 is 0 Å². The zero-order valence-electron chi connectivity index (χ0n) is 13.7. The normalized spacial score (nSPS) is 10.2. The first-order valence-corrected chi connectivity index (χ1v) is 7.90. The highest BCUT2D eigenvalue weighted by atomic mass is 19.1. The van der Waals surface area contributed by atoms with Crippen LogP contribution in [0.3, 0.4) is 0 Å². The number of amides is 2. The second-order valence-electron chi connectivity index (χ2n) is 5.48. The number of para-hydroxylation sites is 1. The molecule has 0 aliphatic rings. The lowest BCUT2D eigenvalue weighted by Crippen LogP contribution is -2.34. The SMILES string of the molecule is CC(=O)N(CCC(=O)NCCc1ccc(F)cc1)c1ccccc1. The molecule has 0 radical (unpaired) electrons. The van der Waals surface area contributed by atoms with Crippen LogP contribution in [0.4, 0.5) is 10.1 Å². The highest BCUT2D eigenvalue weighted by molar-refractivity contribution is 5.92. The molecule has 0 unspecified atom stereocenters. The van der Waals surface area contributed by atoms with Crippen LogP contribution in [0, 0.1) is 5.82 Å². The van der Waals surface area contributed by atoms with Crippen molar-refractivity contribution in [2.24, 2.45) is 0 Å². The zero-order chi connectivity index (χ0) is 17.4. The standard InChI is InChI=1S/C19H21FN2O2/c1-15(23)22(18-5-3-2-4-6-18)14-12-19(24)21-13-11-16-7-9-17(20)10-8-16/h2-10H,11-14H2,1H3,(H,21,24). The van der Waals surface area contributed by atoms with Crippen LogP contribution in [-0.2, 0) is 16.0 Å². The average Bonchev–Trinajstić information content (AvgIpc) is 2.57. The maximum absolute atomic E-state index is 12.8. The van der Waals surface area contributed by atoms with E-state index in [4.69, 9.17) is 0 Å². The molecule has 5 heteroatoms. The number of rotatable bonds is 7. The lowest BCUT2D eigenvalue weighted by atomic mass is 10.1. The fraction of sp³-hybridized carbons (Fsp3) is 0.263. The minimum absolute atomic E-state index is 0.0969. The number of hydrogen-bond donors (Lipinski definition) is 1. The highest BCUT2D eigenvalue weighted by Gasteiger charge is 2.12. The fourth-order valence-corrected chi connectivity index (χ4v) is 2.38. The second-order valence-corrected chi connectivity index (χ2v) is 5.48. The molecule has 126 valence electrons. The third kappa shape index (κ3) is 5.50. The third-order valence-corrected chi connectivity index (χ3v) is 3.66. The highest BCUT2D eigenvalue weighted by Crippen LogP contribution is 2.13. The van der Waals surface area contributed by atoms with Crippen LogP contribution in [0.5, 0.6) is 0 Å². The summed E-state index contributed by atoms with van der Waals surface area (Å²) in [5.74, 6) is -0.479. The molecule has 2 aromatic carbocycles. The Balaban J connectivity index is 1.77. The first kappa shape index (κ1) is 17.7. The van der Waals surface area contributed by atoms with Crippen LogP contribution in [-0.4, -0.2) is 24.9 Å². The molecule has 4 nitrogen and oxygen atoms in total. The quantitative estimate of drug-likeness (QED) is 0.849. The Morgan fingerprint density at radius 2 is 1.71 bits per heavy atom. The van der Waals surface area contributed by atoms with Gasteiger partial charge in [0.15, 0.2) is 0 Å². The molecule has 0 heterocycles. The van der Waals surface area contributed by atoms with Gasteiger partial charge in [0.25, 0.3) is 0 Å². The largest absolute Gasteiger partial charge is 0.356 e. The molecule has 0 fully saturated rings. The van der Waals surface area contributed by atoms with Crippen molar-refractivity contribution in [3.8, 4) is 0 Å². The van der Waals surface area contributed by atoms with Crippen LogP contribution in [0.15, 0.2) is 54.6 Å². The Labute approximate surface area is 141 Å². The molecule has 2 amide bonds. The predicted molar refractivity (Wildman–Crippen MR) is 92.2 cm³/mol. The van der Waals surface area contributed by atoms with Gasteiger partial charge in [0.1, 0.15) is 5.82 Å². The van der Waals surface area contributed by atoms with Crippen molar-refractivity contribution < 1.29 is 14.0 Å². The third-order valence-electron chi connectivity index (χ3n) is 3.66. The van der Waals surface area contributed by atoms with Crippen LogP contribution < -0.4 is 10.2 Å². The topological polar surface area (TPSA) is 49.4 Å². The van der Waals surface area contributed by atoms with Gasteiger partial charge >= 0.3 is 0 Å². The van der Waals surface area contributed by atoms with E-state index in [0.717, 1.165) is 11.3 Å². The van der Waals surface area contributed by atoms with Crippen LogP contribution >= 0.6 is 0 Å². The van der Waals surface area contributed by atoms with E-state index in [1.54, 1.807) is 17.0 Å². The predicted octanol–water partition coefficient (Wildman–Crippen LogP) is 2.93. The number of nitrogens with one attached hydrogen (secondary N) is 1. The smallest absolute Gasteiger partial charge is 0.223 e. The van der Waals surface area contributed by atoms with Crippen LogP contribution in [0.1, 0.15) is 18.9 Å². The van der Waals surface area contributed by atoms with Gasteiger partial charge in [0, 0.05) is 32.1 Å². The molecule has 0 saturated carbocycles. The van der Waals surface area contributed by atoms with Gasteiger partial charge in [0.05, 0.1) is 0 Å². The van der Waals surface area contributed by atoms with Gasteiger partial charge < -0.3 is 10.2 Å². The Morgan fingerprint density at radius 1 is 1.04 bits per heavy atom. The van der Waals surface area contributed by atoms with Crippen molar-refractivity contribution in [3.05, 3.63) is 66.0 Å². The van der Waals surface area contributed by atoms with E-state index in [-0.39, 0.29) is 24.1 Å². The molecule has 0 aliphatic carbocycles. The minimum atomic E-state index is -0.270. The molecule has 2 rings (SSSR count). The van der Waals surface area contributed by atoms with Crippen LogP contribution in [0.2, 0.25) is 0 Å². The molecular formula is C19H21FN2O2. The molecule has 0 atom stereocenters. The maximum atomic E-state index is 12.8. The molecule has 0 bridgehead atoms. The van der Waals surface area contributed by atoms with Crippen molar-refractivity contribution >= 4 is 17.5 Å². The summed E-state index contributed by atoms with van der Waals surface area (Å²) in [7, 11) is 0. The summed E-state index contributed by atoms with van der Waals surface area (Å²) in [6.45, 7) is 2.30. The average molecular weight is 328 g/mol. The number of nitrogens with zero attached hydrogens (tertiary/aromatic N) is 1. The van der Waals surface area contributed by atoms with E-state index in [0.29, 0.717) is 19.5 Å². The Bertz CT molecular complexity index is 672. The molecule has 0 spiro atoms. The fourth-order valence-electron chi connectivity index (χ4n) is 2.38. The van der Waals surface area contributed by atoms with Crippen LogP contribution in [0.25, 0.3) is 0 Å². The number of halogens is 1. The first-order valence-electron chi connectivity index (χ1n) is 7.90. The Morgan fingerprint density at radius 3 is 2.33 bits per heavy atom. The van der Waals surface area contributed by atoms with Crippen molar-refractivity contribution in [1.82, 2.24) is 5.32 Å². The van der Waals surface area contributed by atoms with Gasteiger partial charge in [-0.05, 0) is 36.2 Å². The van der Waals surface area contributed by atoms with E-state index in [9.17, 15) is 14.0 Å². The van der Waals surface area contributed by atoms with Gasteiger partial charge in [-0.1, -0.05) is 30.3 Å². The molecule has 2 aromatic rings. The lowest BCUT2D eigenvalue weighted by molar-refractivity contribution is -0.121. The first-order chi connectivity index (χ1) is 11.6. The summed E-state index contributed by atoms with van der Waals surface area (Å²) < 4.78 is 12.8. The van der Waals surface area contributed by atoms with Gasteiger partial charge in [-0.3, -0.25) is 9.59 Å². The second kappa shape index (κ2) is 8.82. The monoisotopic (exact) mass is 328 g/mol. The summed E-state index contributed by atoms with van der Waals surface area (Å²) in [6, 6.07) is 15.5. The van der Waals surface area contributed by atoms with Gasteiger partial charge in [-0.2, -0.15) is 0 Å². The molecule has 0 aliphatic heterocycles. The van der Waals surface area contributed by atoms with Gasteiger partial charge in [-0.15, -0.1) is 0 Å². The maximum Gasteiger partial charge on any atom is 0.223 e. The number of hydrogen-bond acceptors (Lipinski definition) is 2. The van der Waals surface area contributed by atoms with Gasteiger partial charge in [0.2, 0.25) is 11.8 Å². The molecule has 24 heavy (non-hydrogen) atoms. The summed E-state index contributed by atoms with van der Waals surface area (Å²) in [5.41, 5.74) is 1.75. The summed E-state index contributed by atoms with van der Waals surface area (Å²) in [5, 5.41) is 2.82. The molecule has 0 aromatic heterocycles. The summed E-state index contributed by atoms with van der Waals surface area (Å²) >= 11 is 0. The van der Waals surface area contributed by atoms with Crippen molar-refractivity contribution in [2.75, 3.05) is 18.0 Å². The number of carbonyl (C=O) groups excluding carboxylic acids is 2. The van der Waals surface area contributed by atoms with Gasteiger partial charge in [-0.25, -0.2) is 4.39 Å². The zero-order valence-corrected chi connectivity index (χ0v) is 13.7. The number of carbonyl (C=O) groups is 2. The minimum Gasteiger partial charge on any atom is -0.356 e. The van der Waals surface area contributed by atoms with E-state index < -0.39 is 0 Å². The van der Waals surface area contributed by atoms with E-state index in [1.165, 1.54) is 19.1 Å².